The maximum absolute atomic E-state index is 10.7. The molecule has 2 heteroatoms. The molecule has 0 saturated carbocycles. The molecule has 0 spiro atoms. The van der Waals surface area contributed by atoms with Gasteiger partial charge in [0.05, 0.1) is 6.61 Å². The first-order valence-electron chi connectivity index (χ1n) is 5.17. The van der Waals surface area contributed by atoms with Crippen molar-refractivity contribution in [3.05, 3.63) is 11.6 Å². The lowest BCUT2D eigenvalue weighted by Gasteiger charge is -2.31. The summed E-state index contributed by atoms with van der Waals surface area (Å²) in [6.45, 7) is 10.8. The molecule has 0 amide bonds. The lowest BCUT2D eigenvalue weighted by molar-refractivity contribution is -0.142. The lowest BCUT2D eigenvalue weighted by atomic mass is 9.74. The van der Waals surface area contributed by atoms with Gasteiger partial charge in [-0.05, 0) is 18.3 Å². The number of hydrogen-bond donors (Lipinski definition) is 0. The summed E-state index contributed by atoms with van der Waals surface area (Å²) in [6, 6.07) is 0. The highest BCUT2D eigenvalue weighted by atomic mass is 16.5. The van der Waals surface area contributed by atoms with Gasteiger partial charge in [-0.1, -0.05) is 32.4 Å². The molecule has 0 bridgehead atoms. The Labute approximate surface area is 86.3 Å². The van der Waals surface area contributed by atoms with Crippen molar-refractivity contribution in [2.24, 2.45) is 17.3 Å². The summed E-state index contributed by atoms with van der Waals surface area (Å²) in [5.74, 6) is 0.746. The second-order valence-corrected chi connectivity index (χ2v) is 4.86. The number of rotatable bonds is 2. The minimum Gasteiger partial charge on any atom is -0.465 e. The van der Waals surface area contributed by atoms with Crippen molar-refractivity contribution >= 4 is 5.97 Å². The molecule has 0 saturated heterocycles. The van der Waals surface area contributed by atoms with E-state index in [4.69, 9.17) is 4.74 Å². The highest BCUT2D eigenvalue weighted by molar-refractivity contribution is 5.65. The molecule has 0 radical (unpaired) electrons. The van der Waals surface area contributed by atoms with Crippen molar-refractivity contribution in [3.8, 4) is 0 Å². The van der Waals surface area contributed by atoms with E-state index < -0.39 is 0 Å². The van der Waals surface area contributed by atoms with Crippen LogP contribution in [0.2, 0.25) is 0 Å². The summed E-state index contributed by atoms with van der Waals surface area (Å²) >= 11 is 0. The van der Waals surface area contributed by atoms with Crippen LogP contribution in [-0.4, -0.2) is 12.6 Å². The van der Waals surface area contributed by atoms with Crippen molar-refractivity contribution in [2.75, 3.05) is 6.61 Å². The van der Waals surface area contributed by atoms with Crippen molar-refractivity contribution in [3.63, 3.8) is 0 Å². The fourth-order valence-corrected chi connectivity index (χ4v) is 2.05. The standard InChI is InChI=1S/C12H20O2/c1-8-6-11(7-14-10(3)13)12(4,5)9(8)2/h6,9,11H,7H2,1-5H3/t9-,11+/m0/s1. The average molecular weight is 196 g/mol. The van der Waals surface area contributed by atoms with Crippen LogP contribution in [0.4, 0.5) is 0 Å². The Morgan fingerprint density at radius 1 is 1.57 bits per heavy atom. The number of carbonyl (C=O) groups excluding carboxylic acids is 1. The summed E-state index contributed by atoms with van der Waals surface area (Å²) < 4.78 is 5.07. The zero-order valence-corrected chi connectivity index (χ0v) is 9.76. The first kappa shape index (κ1) is 11.3. The van der Waals surface area contributed by atoms with E-state index in [1.165, 1.54) is 12.5 Å². The Hall–Kier alpha value is -0.790. The molecule has 1 aliphatic rings. The normalized spacial score (nSPS) is 29.9. The zero-order valence-electron chi connectivity index (χ0n) is 9.76. The molecule has 0 aromatic heterocycles. The molecule has 0 N–H and O–H groups in total. The van der Waals surface area contributed by atoms with E-state index in [-0.39, 0.29) is 11.4 Å². The van der Waals surface area contributed by atoms with Gasteiger partial charge in [-0.3, -0.25) is 4.79 Å². The third-order valence-corrected chi connectivity index (χ3v) is 3.68. The second-order valence-electron chi connectivity index (χ2n) is 4.86. The predicted molar refractivity (Wildman–Crippen MR) is 56.8 cm³/mol. The molecule has 0 aromatic rings. The summed E-state index contributed by atoms with van der Waals surface area (Å²) in [5, 5.41) is 0. The largest absolute Gasteiger partial charge is 0.465 e. The lowest BCUT2D eigenvalue weighted by Crippen LogP contribution is -2.28. The zero-order chi connectivity index (χ0) is 10.9. The summed E-state index contributed by atoms with van der Waals surface area (Å²) in [7, 11) is 0. The van der Waals surface area contributed by atoms with Crippen LogP contribution >= 0.6 is 0 Å². The fourth-order valence-electron chi connectivity index (χ4n) is 2.05. The topological polar surface area (TPSA) is 26.3 Å². The predicted octanol–water partition coefficient (Wildman–Crippen LogP) is 2.79. The fraction of sp³-hybridized carbons (Fsp3) is 0.750. The molecule has 1 aliphatic carbocycles. The molecule has 1 rings (SSSR count). The molecule has 2 atom stereocenters. The van der Waals surface area contributed by atoms with Gasteiger partial charge in [-0.25, -0.2) is 0 Å². The van der Waals surface area contributed by atoms with Crippen LogP contribution in [0.3, 0.4) is 0 Å². The van der Waals surface area contributed by atoms with E-state index in [0.717, 1.165) is 0 Å². The molecule has 0 heterocycles. The van der Waals surface area contributed by atoms with E-state index in [0.29, 0.717) is 18.4 Å². The van der Waals surface area contributed by atoms with Gasteiger partial charge >= 0.3 is 5.97 Å². The Morgan fingerprint density at radius 3 is 2.50 bits per heavy atom. The van der Waals surface area contributed by atoms with Crippen LogP contribution in [0.1, 0.15) is 34.6 Å². The van der Waals surface area contributed by atoms with Gasteiger partial charge in [0.2, 0.25) is 0 Å². The van der Waals surface area contributed by atoms with Gasteiger partial charge < -0.3 is 4.74 Å². The van der Waals surface area contributed by atoms with Gasteiger partial charge in [0.1, 0.15) is 0 Å². The van der Waals surface area contributed by atoms with Gasteiger partial charge in [-0.15, -0.1) is 0 Å². The highest BCUT2D eigenvalue weighted by Crippen LogP contribution is 2.46. The SMILES string of the molecule is CC(=O)OC[C@H]1C=C(C)[C@H](C)C1(C)C. The molecule has 0 aromatic carbocycles. The average Bonchev–Trinajstić information content (AvgIpc) is 2.26. The first-order chi connectivity index (χ1) is 6.35. The summed E-state index contributed by atoms with van der Waals surface area (Å²) in [6.07, 6.45) is 2.24. The van der Waals surface area contributed by atoms with Gasteiger partial charge in [0.25, 0.3) is 0 Å². The Morgan fingerprint density at radius 2 is 2.14 bits per heavy atom. The number of esters is 1. The Balaban J connectivity index is 2.66. The molecule has 0 aliphatic heterocycles. The number of carbonyl (C=O) groups is 1. The quantitative estimate of drug-likeness (QED) is 0.501. The van der Waals surface area contributed by atoms with Crippen LogP contribution in [0, 0.1) is 17.3 Å². The number of ether oxygens (including phenoxy) is 1. The van der Waals surface area contributed by atoms with Gasteiger partial charge in [-0.2, -0.15) is 0 Å². The summed E-state index contributed by atoms with van der Waals surface area (Å²) in [5.41, 5.74) is 1.62. The molecule has 0 unspecified atom stereocenters. The van der Waals surface area contributed by atoms with Gasteiger partial charge in [0.15, 0.2) is 0 Å². The maximum Gasteiger partial charge on any atom is 0.302 e. The van der Waals surface area contributed by atoms with Crippen LogP contribution in [0.25, 0.3) is 0 Å². The van der Waals surface area contributed by atoms with E-state index in [2.05, 4.69) is 33.8 Å². The van der Waals surface area contributed by atoms with Crippen LogP contribution < -0.4 is 0 Å². The van der Waals surface area contributed by atoms with E-state index >= 15 is 0 Å². The Kier molecular flexibility index (Phi) is 3.03. The summed E-state index contributed by atoms with van der Waals surface area (Å²) in [4.78, 5) is 10.7. The van der Waals surface area contributed by atoms with Crippen molar-refractivity contribution in [2.45, 2.75) is 34.6 Å². The van der Waals surface area contributed by atoms with Crippen LogP contribution in [-0.2, 0) is 9.53 Å². The first-order valence-corrected chi connectivity index (χ1v) is 5.17. The molecule has 80 valence electrons. The third-order valence-electron chi connectivity index (χ3n) is 3.68. The van der Waals surface area contributed by atoms with Crippen LogP contribution in [0.15, 0.2) is 11.6 Å². The smallest absolute Gasteiger partial charge is 0.302 e. The van der Waals surface area contributed by atoms with Crippen LogP contribution in [0.5, 0.6) is 0 Å². The monoisotopic (exact) mass is 196 g/mol. The molecular formula is C12H20O2. The van der Waals surface area contributed by atoms with Crippen molar-refractivity contribution < 1.29 is 9.53 Å². The highest BCUT2D eigenvalue weighted by Gasteiger charge is 2.39. The van der Waals surface area contributed by atoms with E-state index in [1.54, 1.807) is 0 Å². The molecular weight excluding hydrogens is 176 g/mol. The van der Waals surface area contributed by atoms with Crippen molar-refractivity contribution in [1.82, 2.24) is 0 Å². The van der Waals surface area contributed by atoms with Gasteiger partial charge in [0, 0.05) is 12.8 Å². The molecule has 2 nitrogen and oxygen atoms in total. The van der Waals surface area contributed by atoms with E-state index in [9.17, 15) is 4.79 Å². The molecule has 0 fully saturated rings. The minimum absolute atomic E-state index is 0.189. The third kappa shape index (κ3) is 1.99. The maximum atomic E-state index is 10.7. The number of allylic oxidation sites excluding steroid dienone is 1. The second kappa shape index (κ2) is 3.76. The molecule has 14 heavy (non-hydrogen) atoms. The van der Waals surface area contributed by atoms with Crippen molar-refractivity contribution in [1.29, 1.82) is 0 Å². The Bertz CT molecular complexity index is 263. The number of hydrogen-bond acceptors (Lipinski definition) is 2. The minimum atomic E-state index is -0.189. The van der Waals surface area contributed by atoms with E-state index in [1.807, 2.05) is 0 Å².